The minimum atomic E-state index is -0.799. The van der Waals surface area contributed by atoms with Crippen molar-refractivity contribution >= 4 is 17.4 Å². The van der Waals surface area contributed by atoms with Gasteiger partial charge in [-0.25, -0.2) is 4.98 Å². The van der Waals surface area contributed by atoms with Crippen LogP contribution in [-0.4, -0.2) is 38.6 Å². The Balaban J connectivity index is 2.53. The molecule has 2 N–H and O–H groups in total. The van der Waals surface area contributed by atoms with Gasteiger partial charge >= 0.3 is 0 Å². The predicted octanol–water partition coefficient (Wildman–Crippen LogP) is 0.435. The monoisotopic (exact) mass is 230 g/mol. The van der Waals surface area contributed by atoms with Crippen molar-refractivity contribution in [2.75, 3.05) is 12.4 Å². The summed E-state index contributed by atoms with van der Waals surface area (Å²) in [6, 6.07) is 2.85. The van der Waals surface area contributed by atoms with Crippen molar-refractivity contribution in [2.45, 2.75) is 11.1 Å². The maximum atomic E-state index is 10.3. The highest BCUT2D eigenvalue weighted by Gasteiger charge is 2.07. The lowest BCUT2D eigenvalue weighted by Gasteiger charge is -2.04. The molecule has 0 spiro atoms. The summed E-state index contributed by atoms with van der Waals surface area (Å²) in [6.07, 6.45) is 0.361. The van der Waals surface area contributed by atoms with Crippen LogP contribution in [0.1, 0.15) is 0 Å². The number of rotatable bonds is 5. The van der Waals surface area contributed by atoms with Gasteiger partial charge in [-0.15, -0.1) is 11.8 Å². The zero-order chi connectivity index (χ0) is 11.3. The first-order valence-corrected chi connectivity index (χ1v) is 5.14. The molecule has 0 aliphatic carbocycles. The van der Waals surface area contributed by atoms with E-state index in [1.807, 2.05) is 0 Å². The third-order valence-electron chi connectivity index (χ3n) is 1.57. The second kappa shape index (κ2) is 5.64. The fraction of sp³-hybridized carbons (Fsp3) is 0.375. The van der Waals surface area contributed by atoms with Gasteiger partial charge in [0.25, 0.3) is 5.69 Å². The Labute approximate surface area is 90.1 Å². The molecule has 1 unspecified atom stereocenters. The van der Waals surface area contributed by atoms with Crippen LogP contribution in [0.25, 0.3) is 0 Å². The van der Waals surface area contributed by atoms with Gasteiger partial charge < -0.3 is 10.2 Å². The van der Waals surface area contributed by atoms with Crippen molar-refractivity contribution in [1.82, 2.24) is 4.98 Å². The maximum absolute atomic E-state index is 10.3. The molecule has 0 saturated heterocycles. The second-order valence-corrected chi connectivity index (χ2v) is 3.80. The van der Waals surface area contributed by atoms with Gasteiger partial charge in [0.2, 0.25) is 0 Å². The number of thioether (sulfide) groups is 1. The van der Waals surface area contributed by atoms with Crippen LogP contribution in [0.5, 0.6) is 0 Å². The number of hydrogen-bond acceptors (Lipinski definition) is 6. The van der Waals surface area contributed by atoms with E-state index >= 15 is 0 Å². The molecule has 0 aromatic carbocycles. The van der Waals surface area contributed by atoms with Gasteiger partial charge in [0.15, 0.2) is 0 Å². The van der Waals surface area contributed by atoms with E-state index in [1.165, 1.54) is 23.9 Å². The molecule has 15 heavy (non-hydrogen) atoms. The number of hydrogen-bond donors (Lipinski definition) is 2. The normalized spacial score (nSPS) is 12.4. The Bertz CT molecular complexity index is 330. The molecular formula is C8H10N2O4S. The van der Waals surface area contributed by atoms with E-state index in [0.29, 0.717) is 10.8 Å². The highest BCUT2D eigenvalue weighted by molar-refractivity contribution is 7.99. The minimum absolute atomic E-state index is 0.0675. The van der Waals surface area contributed by atoms with Crippen molar-refractivity contribution in [3.8, 4) is 0 Å². The van der Waals surface area contributed by atoms with Crippen LogP contribution in [0.4, 0.5) is 5.69 Å². The first-order valence-electron chi connectivity index (χ1n) is 4.15. The molecule has 82 valence electrons. The van der Waals surface area contributed by atoms with E-state index in [-0.39, 0.29) is 12.3 Å². The average molecular weight is 230 g/mol. The minimum Gasteiger partial charge on any atom is -0.394 e. The summed E-state index contributed by atoms with van der Waals surface area (Å²) in [6.45, 7) is -0.306. The molecule has 0 aliphatic rings. The summed E-state index contributed by atoms with van der Waals surface area (Å²) in [5.74, 6) is 0.307. The fourth-order valence-electron chi connectivity index (χ4n) is 0.800. The van der Waals surface area contributed by atoms with E-state index in [4.69, 9.17) is 10.2 Å². The molecule has 1 atom stereocenters. The average Bonchev–Trinajstić information content (AvgIpc) is 2.26. The lowest BCUT2D eigenvalue weighted by molar-refractivity contribution is -0.385. The Morgan fingerprint density at radius 2 is 2.33 bits per heavy atom. The Morgan fingerprint density at radius 3 is 2.80 bits per heavy atom. The van der Waals surface area contributed by atoms with Crippen LogP contribution in [0.15, 0.2) is 23.4 Å². The Hall–Kier alpha value is -1.18. The highest BCUT2D eigenvalue weighted by atomic mass is 32.2. The molecule has 0 aliphatic heterocycles. The van der Waals surface area contributed by atoms with Crippen LogP contribution in [0.2, 0.25) is 0 Å². The second-order valence-electron chi connectivity index (χ2n) is 2.76. The SMILES string of the molecule is O=[N+]([O-])c1ccc(SCC(O)CO)nc1. The fourth-order valence-corrected chi connectivity index (χ4v) is 1.56. The number of aromatic nitrogens is 1. The standard InChI is InChI=1S/C8H10N2O4S/c11-4-7(12)5-15-8-2-1-6(3-9-8)10(13)14/h1-3,7,11-12H,4-5H2. The number of aliphatic hydroxyl groups excluding tert-OH is 2. The lowest BCUT2D eigenvalue weighted by Crippen LogP contribution is -2.14. The van der Waals surface area contributed by atoms with Gasteiger partial charge in [-0.05, 0) is 6.07 Å². The topological polar surface area (TPSA) is 96.5 Å². The Kier molecular flexibility index (Phi) is 4.47. The maximum Gasteiger partial charge on any atom is 0.287 e. The van der Waals surface area contributed by atoms with E-state index in [2.05, 4.69) is 4.98 Å². The van der Waals surface area contributed by atoms with Crippen LogP contribution in [0.3, 0.4) is 0 Å². The Morgan fingerprint density at radius 1 is 1.60 bits per heavy atom. The molecule has 0 amide bonds. The molecule has 1 aromatic heterocycles. The zero-order valence-corrected chi connectivity index (χ0v) is 8.55. The van der Waals surface area contributed by atoms with Crippen LogP contribution in [-0.2, 0) is 0 Å². The first kappa shape index (κ1) is 11.9. The van der Waals surface area contributed by atoms with Gasteiger partial charge in [-0.1, -0.05) is 0 Å². The largest absolute Gasteiger partial charge is 0.394 e. The molecule has 1 heterocycles. The van der Waals surface area contributed by atoms with Gasteiger partial charge in [0.05, 0.1) is 22.7 Å². The van der Waals surface area contributed by atoms with Crippen LogP contribution in [0, 0.1) is 10.1 Å². The number of pyridine rings is 1. The number of nitro groups is 1. The molecular weight excluding hydrogens is 220 g/mol. The summed E-state index contributed by atoms with van der Waals surface area (Å²) in [5, 5.41) is 28.5. The van der Waals surface area contributed by atoms with Crippen molar-refractivity contribution in [3.05, 3.63) is 28.4 Å². The van der Waals surface area contributed by atoms with E-state index in [0.717, 1.165) is 6.20 Å². The summed E-state index contributed by atoms with van der Waals surface area (Å²) in [7, 11) is 0. The highest BCUT2D eigenvalue weighted by Crippen LogP contribution is 2.18. The molecule has 1 aromatic rings. The third-order valence-corrected chi connectivity index (χ3v) is 2.65. The molecule has 6 nitrogen and oxygen atoms in total. The molecule has 0 saturated carbocycles. The number of aliphatic hydroxyl groups is 2. The van der Waals surface area contributed by atoms with Crippen molar-refractivity contribution in [2.24, 2.45) is 0 Å². The molecule has 0 fully saturated rings. The summed E-state index contributed by atoms with van der Waals surface area (Å²) in [5.41, 5.74) is -0.0675. The number of nitrogens with zero attached hydrogens (tertiary/aromatic N) is 2. The van der Waals surface area contributed by atoms with Gasteiger partial charge in [-0.3, -0.25) is 10.1 Å². The van der Waals surface area contributed by atoms with Crippen molar-refractivity contribution in [3.63, 3.8) is 0 Å². The first-order chi connectivity index (χ1) is 7.13. The smallest absolute Gasteiger partial charge is 0.287 e. The van der Waals surface area contributed by atoms with E-state index < -0.39 is 11.0 Å². The van der Waals surface area contributed by atoms with Crippen LogP contribution < -0.4 is 0 Å². The van der Waals surface area contributed by atoms with Gasteiger partial charge in [0, 0.05) is 11.8 Å². The molecule has 1 rings (SSSR count). The van der Waals surface area contributed by atoms with E-state index in [1.54, 1.807) is 0 Å². The van der Waals surface area contributed by atoms with Crippen LogP contribution >= 0.6 is 11.8 Å². The third kappa shape index (κ3) is 3.82. The predicted molar refractivity (Wildman–Crippen MR) is 54.7 cm³/mol. The van der Waals surface area contributed by atoms with Crippen molar-refractivity contribution < 1.29 is 15.1 Å². The summed E-state index contributed by atoms with van der Waals surface area (Å²) >= 11 is 1.23. The summed E-state index contributed by atoms with van der Waals surface area (Å²) < 4.78 is 0. The van der Waals surface area contributed by atoms with Gasteiger partial charge in [0.1, 0.15) is 6.20 Å². The summed E-state index contributed by atoms with van der Waals surface area (Å²) in [4.78, 5) is 13.6. The zero-order valence-electron chi connectivity index (χ0n) is 7.74. The quantitative estimate of drug-likeness (QED) is 0.432. The lowest BCUT2D eigenvalue weighted by atomic mass is 10.4. The van der Waals surface area contributed by atoms with Gasteiger partial charge in [-0.2, -0.15) is 0 Å². The molecule has 0 bridgehead atoms. The molecule has 7 heteroatoms. The van der Waals surface area contributed by atoms with E-state index in [9.17, 15) is 10.1 Å². The van der Waals surface area contributed by atoms with Crippen molar-refractivity contribution in [1.29, 1.82) is 0 Å². The molecule has 0 radical (unpaired) electrons.